The summed E-state index contributed by atoms with van der Waals surface area (Å²) in [5, 5.41) is 1.20. The average Bonchev–Trinajstić information content (AvgIpc) is 2.93. The van der Waals surface area contributed by atoms with Gasteiger partial charge in [-0.2, -0.15) is 0 Å². The van der Waals surface area contributed by atoms with E-state index in [4.69, 9.17) is 0 Å². The summed E-state index contributed by atoms with van der Waals surface area (Å²) in [4.78, 5) is 0. The monoisotopic (exact) mass is 286 g/mol. The van der Waals surface area contributed by atoms with Gasteiger partial charge in [-0.15, -0.1) is 9.24 Å². The van der Waals surface area contributed by atoms with Gasteiger partial charge in [-0.3, -0.25) is 0 Å². The van der Waals surface area contributed by atoms with Crippen LogP contribution in [0.4, 0.5) is 4.39 Å². The van der Waals surface area contributed by atoms with Crippen LogP contribution in [0.3, 0.4) is 0 Å². The lowest BCUT2D eigenvalue weighted by Crippen LogP contribution is -2.13. The second kappa shape index (κ2) is 6.06. The minimum Gasteiger partial charge on any atom is -0.207 e. The van der Waals surface area contributed by atoms with Crippen molar-refractivity contribution in [2.75, 3.05) is 0 Å². The highest BCUT2D eigenvalue weighted by Gasteiger charge is 2.27. The summed E-state index contributed by atoms with van der Waals surface area (Å²) in [6, 6.07) is 15.7. The van der Waals surface area contributed by atoms with Gasteiger partial charge in [-0.25, -0.2) is 4.39 Å². The molecule has 0 heterocycles. The first-order valence-electron chi connectivity index (χ1n) is 7.35. The van der Waals surface area contributed by atoms with E-state index < -0.39 is 0 Å². The molecule has 1 aliphatic carbocycles. The van der Waals surface area contributed by atoms with Gasteiger partial charge >= 0.3 is 0 Å². The summed E-state index contributed by atoms with van der Waals surface area (Å²) in [7, 11) is 2.76. The summed E-state index contributed by atoms with van der Waals surface area (Å²) in [6.45, 7) is 0. The number of benzene rings is 2. The normalized spacial score (nSPS) is 17.3. The molecule has 1 fully saturated rings. The minimum absolute atomic E-state index is 0.132. The molecule has 1 saturated carbocycles. The molecule has 0 nitrogen and oxygen atoms in total. The fourth-order valence-corrected chi connectivity index (χ4v) is 3.78. The molecular formula is C18H20FP. The van der Waals surface area contributed by atoms with Crippen LogP contribution in [0.5, 0.6) is 0 Å². The Labute approximate surface area is 122 Å². The van der Waals surface area contributed by atoms with Crippen LogP contribution in [-0.4, -0.2) is 0 Å². The third-order valence-electron chi connectivity index (χ3n) is 4.35. The van der Waals surface area contributed by atoms with Crippen molar-refractivity contribution in [2.45, 2.75) is 31.6 Å². The number of hydrogen-bond donors (Lipinski definition) is 0. The van der Waals surface area contributed by atoms with Gasteiger partial charge in [0.1, 0.15) is 5.82 Å². The van der Waals surface area contributed by atoms with Crippen LogP contribution in [0.15, 0.2) is 48.5 Å². The van der Waals surface area contributed by atoms with Gasteiger partial charge in [0, 0.05) is 5.92 Å². The number of hydrogen-bond acceptors (Lipinski definition) is 0. The fourth-order valence-electron chi connectivity index (χ4n) is 3.48. The van der Waals surface area contributed by atoms with Crippen LogP contribution in [0.1, 0.15) is 42.7 Å². The van der Waals surface area contributed by atoms with Crippen LogP contribution < -0.4 is 5.30 Å². The summed E-state index contributed by atoms with van der Waals surface area (Å²) in [6.07, 6.45) is 5.11. The highest BCUT2D eigenvalue weighted by molar-refractivity contribution is 7.27. The Balaban J connectivity index is 2.03. The number of rotatable bonds is 3. The standard InChI is InChI=1S/C18H20FP/c19-16-9-3-7-14(11-16)18(13-5-1-2-6-13)15-8-4-10-17(20)12-15/h3-4,7-13,18H,1-2,5-6,20H2. The highest BCUT2D eigenvalue weighted by Crippen LogP contribution is 2.41. The molecule has 2 aromatic rings. The first-order valence-corrected chi connectivity index (χ1v) is 7.92. The molecule has 0 radical (unpaired) electrons. The van der Waals surface area contributed by atoms with Gasteiger partial charge in [0.05, 0.1) is 0 Å². The van der Waals surface area contributed by atoms with Gasteiger partial charge in [0.15, 0.2) is 0 Å². The van der Waals surface area contributed by atoms with Crippen molar-refractivity contribution >= 4 is 14.5 Å². The Morgan fingerprint density at radius 2 is 1.60 bits per heavy atom. The van der Waals surface area contributed by atoms with Crippen LogP contribution in [0.2, 0.25) is 0 Å². The molecule has 2 heteroatoms. The van der Waals surface area contributed by atoms with Gasteiger partial charge in [-0.1, -0.05) is 49.2 Å². The first kappa shape index (κ1) is 13.8. The SMILES string of the molecule is Fc1cccc(C(c2cccc(P)c2)C2CCCC2)c1. The summed E-state index contributed by atoms with van der Waals surface area (Å²) >= 11 is 0. The largest absolute Gasteiger partial charge is 0.207 e. The lowest BCUT2D eigenvalue weighted by molar-refractivity contribution is 0.481. The van der Waals surface area contributed by atoms with Crippen molar-refractivity contribution in [3.63, 3.8) is 0 Å². The maximum Gasteiger partial charge on any atom is 0.123 e. The summed E-state index contributed by atoms with van der Waals surface area (Å²) in [5.41, 5.74) is 2.43. The second-order valence-electron chi connectivity index (χ2n) is 5.75. The van der Waals surface area contributed by atoms with Crippen molar-refractivity contribution in [3.05, 3.63) is 65.5 Å². The maximum atomic E-state index is 13.6. The molecule has 0 aliphatic heterocycles. The molecule has 0 saturated heterocycles. The fraction of sp³-hybridized carbons (Fsp3) is 0.333. The highest BCUT2D eigenvalue weighted by atomic mass is 31.0. The van der Waals surface area contributed by atoms with Crippen molar-refractivity contribution in [2.24, 2.45) is 5.92 Å². The Hall–Kier alpha value is -1.20. The van der Waals surface area contributed by atoms with Crippen molar-refractivity contribution in [3.8, 4) is 0 Å². The van der Waals surface area contributed by atoms with Crippen molar-refractivity contribution < 1.29 is 4.39 Å². The van der Waals surface area contributed by atoms with Crippen LogP contribution in [-0.2, 0) is 0 Å². The van der Waals surface area contributed by atoms with Gasteiger partial charge in [0.25, 0.3) is 0 Å². The second-order valence-corrected chi connectivity index (χ2v) is 6.41. The zero-order valence-electron chi connectivity index (χ0n) is 11.6. The molecule has 2 atom stereocenters. The summed E-state index contributed by atoms with van der Waals surface area (Å²) in [5.74, 6) is 0.838. The predicted molar refractivity (Wildman–Crippen MR) is 86.0 cm³/mol. The third kappa shape index (κ3) is 2.94. The Kier molecular flexibility index (Phi) is 4.17. The molecule has 0 aromatic heterocycles. The van der Waals surface area contributed by atoms with E-state index in [0.717, 1.165) is 5.56 Å². The molecule has 0 amide bonds. The molecule has 104 valence electrons. The quantitative estimate of drug-likeness (QED) is 0.721. The van der Waals surface area contributed by atoms with E-state index in [-0.39, 0.29) is 5.82 Å². The van der Waals surface area contributed by atoms with E-state index in [0.29, 0.717) is 11.8 Å². The third-order valence-corrected chi connectivity index (χ3v) is 4.71. The van der Waals surface area contributed by atoms with E-state index in [1.54, 1.807) is 6.07 Å². The van der Waals surface area contributed by atoms with Gasteiger partial charge in [0.2, 0.25) is 0 Å². The van der Waals surface area contributed by atoms with Crippen molar-refractivity contribution in [1.82, 2.24) is 0 Å². The maximum absolute atomic E-state index is 13.6. The van der Waals surface area contributed by atoms with Crippen LogP contribution in [0, 0.1) is 11.7 Å². The van der Waals surface area contributed by atoms with Gasteiger partial charge < -0.3 is 0 Å². The number of halogens is 1. The smallest absolute Gasteiger partial charge is 0.123 e. The zero-order chi connectivity index (χ0) is 13.9. The molecule has 20 heavy (non-hydrogen) atoms. The van der Waals surface area contributed by atoms with E-state index in [9.17, 15) is 4.39 Å². The van der Waals surface area contributed by atoms with E-state index in [1.165, 1.54) is 42.6 Å². The lowest BCUT2D eigenvalue weighted by atomic mass is 9.80. The summed E-state index contributed by atoms with van der Waals surface area (Å²) < 4.78 is 13.6. The lowest BCUT2D eigenvalue weighted by Gasteiger charge is -2.25. The zero-order valence-corrected chi connectivity index (χ0v) is 12.7. The van der Waals surface area contributed by atoms with Gasteiger partial charge in [-0.05, 0) is 47.3 Å². The van der Waals surface area contributed by atoms with E-state index in [2.05, 4.69) is 39.6 Å². The molecule has 2 unspecified atom stereocenters. The molecule has 2 aromatic carbocycles. The molecule has 1 aliphatic rings. The van der Waals surface area contributed by atoms with Crippen molar-refractivity contribution in [1.29, 1.82) is 0 Å². The average molecular weight is 286 g/mol. The molecule has 0 N–H and O–H groups in total. The Morgan fingerprint density at radius 1 is 0.950 bits per heavy atom. The van der Waals surface area contributed by atoms with E-state index >= 15 is 0 Å². The first-order chi connectivity index (χ1) is 9.74. The molecule has 0 spiro atoms. The van der Waals surface area contributed by atoms with Crippen LogP contribution >= 0.6 is 9.24 Å². The molecular weight excluding hydrogens is 266 g/mol. The Morgan fingerprint density at radius 3 is 2.25 bits per heavy atom. The Bertz CT molecular complexity index is 542. The molecule has 3 rings (SSSR count). The minimum atomic E-state index is -0.132. The predicted octanol–water partition coefficient (Wildman–Crippen LogP) is 4.65. The van der Waals surface area contributed by atoms with E-state index in [1.807, 2.05) is 6.07 Å². The van der Waals surface area contributed by atoms with Crippen LogP contribution in [0.25, 0.3) is 0 Å². The molecule has 0 bridgehead atoms. The topological polar surface area (TPSA) is 0 Å².